The number of alkyl carbamates (subject to hydrolysis) is 1. The fourth-order valence-corrected chi connectivity index (χ4v) is 6.65. The Morgan fingerprint density at radius 3 is 2.36 bits per heavy atom. The molecule has 2 unspecified atom stereocenters. The van der Waals surface area contributed by atoms with Crippen LogP contribution in [-0.4, -0.2) is 91.9 Å². The van der Waals surface area contributed by atoms with E-state index in [-0.39, 0.29) is 12.5 Å². The molecule has 2 aliphatic carbocycles. The van der Waals surface area contributed by atoms with E-state index in [1.807, 2.05) is 4.90 Å². The Bertz CT molecular complexity index is 873. The minimum Gasteiger partial charge on any atom is -0.450 e. The van der Waals surface area contributed by atoms with Crippen molar-refractivity contribution in [3.05, 3.63) is 0 Å². The van der Waals surface area contributed by atoms with Gasteiger partial charge in [0.1, 0.15) is 11.6 Å². The summed E-state index contributed by atoms with van der Waals surface area (Å²) in [7, 11) is 0. The first-order chi connectivity index (χ1) is 19.0. The first-order valence-electron chi connectivity index (χ1n) is 15.3. The Kier molecular flexibility index (Phi) is 11.3. The normalized spacial score (nSPS) is 26.6. The zero-order valence-electron chi connectivity index (χ0n) is 23.8. The lowest BCUT2D eigenvalue weighted by atomic mass is 9.84. The van der Waals surface area contributed by atoms with Gasteiger partial charge in [-0.15, -0.1) is 0 Å². The molecule has 39 heavy (non-hydrogen) atoms. The molecule has 2 saturated heterocycles. The van der Waals surface area contributed by atoms with Crippen molar-refractivity contribution in [1.29, 1.82) is 5.26 Å². The zero-order valence-corrected chi connectivity index (χ0v) is 23.8. The number of guanidine groups is 1. The summed E-state index contributed by atoms with van der Waals surface area (Å²) < 4.78 is 10.6. The summed E-state index contributed by atoms with van der Waals surface area (Å²) >= 11 is 0. The van der Waals surface area contributed by atoms with Crippen LogP contribution in [0.25, 0.3) is 0 Å². The molecule has 218 valence electrons. The molecule has 2 heterocycles. The molecule has 4 rings (SSSR count). The minimum atomic E-state index is -0.903. The molecule has 0 aromatic carbocycles. The van der Waals surface area contributed by atoms with E-state index < -0.39 is 17.7 Å². The third kappa shape index (κ3) is 8.81. The average molecular weight is 545 g/mol. The number of rotatable bonds is 8. The van der Waals surface area contributed by atoms with Crippen molar-refractivity contribution in [3.8, 4) is 6.07 Å². The van der Waals surface area contributed by atoms with E-state index in [2.05, 4.69) is 21.6 Å². The van der Waals surface area contributed by atoms with Crippen molar-refractivity contribution in [2.24, 2.45) is 16.8 Å². The molecule has 2 aliphatic heterocycles. The molecule has 10 heteroatoms. The molecule has 4 aliphatic rings. The highest BCUT2D eigenvalue weighted by atomic mass is 16.5. The summed E-state index contributed by atoms with van der Waals surface area (Å²) in [6.45, 7) is 6.58. The smallest absolute Gasteiger partial charge is 0.413 e. The van der Waals surface area contributed by atoms with Crippen LogP contribution in [0.5, 0.6) is 0 Å². The molecule has 10 nitrogen and oxygen atoms in total. The molecule has 0 bridgehead atoms. The number of nitrogens with zero attached hydrogens (tertiary/aromatic N) is 4. The van der Waals surface area contributed by atoms with Crippen molar-refractivity contribution in [3.63, 3.8) is 0 Å². The molecular formula is C29H48N6O4. The van der Waals surface area contributed by atoms with Gasteiger partial charge in [0.15, 0.2) is 0 Å². The molecule has 4 fully saturated rings. The predicted octanol–water partition coefficient (Wildman–Crippen LogP) is 3.42. The van der Waals surface area contributed by atoms with Gasteiger partial charge in [0.2, 0.25) is 11.9 Å². The lowest BCUT2D eigenvalue weighted by molar-refractivity contribution is -0.124. The highest BCUT2D eigenvalue weighted by Gasteiger charge is 2.42. The Balaban J connectivity index is 1.50. The fourth-order valence-electron chi connectivity index (χ4n) is 6.65. The van der Waals surface area contributed by atoms with Gasteiger partial charge in [0, 0.05) is 32.7 Å². The van der Waals surface area contributed by atoms with Crippen LogP contribution in [-0.2, 0) is 14.3 Å². The largest absolute Gasteiger partial charge is 0.450 e. The number of carbonyl (C=O) groups is 2. The number of nitriles is 1. The second-order valence-corrected chi connectivity index (χ2v) is 11.8. The molecule has 0 aromatic heterocycles. The number of carbonyl (C=O) groups excluding carboxylic acids is 2. The SMILES string of the molecule is CCOC(=O)NC(=NC(CC1CCCCC1)C(=O)NC1(C#N)CCN(CC2CCCCC2)C1)N1CCOCC1. The van der Waals surface area contributed by atoms with Crippen LogP contribution in [0.15, 0.2) is 4.99 Å². The van der Waals surface area contributed by atoms with Crippen molar-refractivity contribution >= 4 is 18.0 Å². The minimum absolute atomic E-state index is 0.224. The van der Waals surface area contributed by atoms with Gasteiger partial charge in [-0.3, -0.25) is 15.0 Å². The third-order valence-electron chi connectivity index (χ3n) is 8.83. The van der Waals surface area contributed by atoms with Gasteiger partial charge in [-0.1, -0.05) is 51.4 Å². The van der Waals surface area contributed by atoms with Crippen LogP contribution in [0.1, 0.15) is 84.0 Å². The summed E-state index contributed by atoms with van der Waals surface area (Å²) in [5.41, 5.74) is -0.903. The third-order valence-corrected chi connectivity index (χ3v) is 8.83. The maximum absolute atomic E-state index is 13.9. The van der Waals surface area contributed by atoms with Gasteiger partial charge >= 0.3 is 6.09 Å². The van der Waals surface area contributed by atoms with Crippen LogP contribution >= 0.6 is 0 Å². The van der Waals surface area contributed by atoms with E-state index in [1.165, 1.54) is 51.4 Å². The molecule has 2 saturated carbocycles. The highest BCUT2D eigenvalue weighted by molar-refractivity contribution is 5.96. The Morgan fingerprint density at radius 2 is 1.72 bits per heavy atom. The summed E-state index contributed by atoms with van der Waals surface area (Å²) in [5, 5.41) is 16.2. The van der Waals surface area contributed by atoms with Crippen molar-refractivity contribution in [1.82, 2.24) is 20.4 Å². The first-order valence-corrected chi connectivity index (χ1v) is 15.3. The van der Waals surface area contributed by atoms with E-state index in [1.54, 1.807) is 6.92 Å². The maximum Gasteiger partial charge on any atom is 0.413 e. The van der Waals surface area contributed by atoms with Crippen LogP contribution < -0.4 is 10.6 Å². The fraction of sp³-hybridized carbons (Fsp3) is 0.862. The number of amides is 2. The molecule has 0 radical (unpaired) electrons. The Hall–Kier alpha value is -2.38. The summed E-state index contributed by atoms with van der Waals surface area (Å²) in [6.07, 6.45) is 12.8. The lowest BCUT2D eigenvalue weighted by Gasteiger charge is -2.32. The summed E-state index contributed by atoms with van der Waals surface area (Å²) in [5.74, 6) is 1.22. The molecule has 2 N–H and O–H groups in total. The highest BCUT2D eigenvalue weighted by Crippen LogP contribution is 2.30. The van der Waals surface area contributed by atoms with Gasteiger partial charge in [0.05, 0.1) is 25.9 Å². The van der Waals surface area contributed by atoms with Crippen molar-refractivity contribution in [2.45, 2.75) is 95.6 Å². The van der Waals surface area contributed by atoms with Gasteiger partial charge in [-0.05, 0) is 44.4 Å². The number of ether oxygens (including phenoxy) is 2. The van der Waals surface area contributed by atoms with Crippen molar-refractivity contribution in [2.75, 3.05) is 52.5 Å². The van der Waals surface area contributed by atoms with Gasteiger partial charge in [0.25, 0.3) is 0 Å². The van der Waals surface area contributed by atoms with Gasteiger partial charge in [-0.25, -0.2) is 9.79 Å². The monoisotopic (exact) mass is 544 g/mol. The molecular weight excluding hydrogens is 496 g/mol. The number of hydrogen-bond donors (Lipinski definition) is 2. The predicted molar refractivity (Wildman–Crippen MR) is 149 cm³/mol. The quantitative estimate of drug-likeness (QED) is 0.355. The molecule has 0 spiro atoms. The molecule has 0 aromatic rings. The summed E-state index contributed by atoms with van der Waals surface area (Å²) in [4.78, 5) is 35.5. The van der Waals surface area contributed by atoms with E-state index in [0.717, 1.165) is 25.9 Å². The number of aliphatic imine (C=N–C) groups is 1. The Morgan fingerprint density at radius 1 is 1.05 bits per heavy atom. The van der Waals surface area contributed by atoms with Crippen LogP contribution in [0, 0.1) is 23.2 Å². The lowest BCUT2D eigenvalue weighted by Crippen LogP contribution is -2.54. The Labute approximate surface area is 233 Å². The molecule has 2 atom stereocenters. The number of morpholine rings is 1. The number of nitrogens with one attached hydrogen (secondary N) is 2. The topological polar surface area (TPSA) is 119 Å². The van der Waals surface area contributed by atoms with Crippen LogP contribution in [0.2, 0.25) is 0 Å². The first kappa shape index (κ1) is 29.6. The van der Waals surface area contributed by atoms with Crippen LogP contribution in [0.4, 0.5) is 4.79 Å². The standard InChI is InChI=1S/C29H48N6O4/c1-2-39-28(37)32-27(35-15-17-38-18-16-35)31-25(19-23-9-5-3-6-10-23)26(36)33-29(21-30)13-14-34(22-29)20-24-11-7-4-8-12-24/h23-25H,2-20,22H2,1H3,(H,33,36)(H,31,32,37). The van der Waals surface area contributed by atoms with E-state index in [4.69, 9.17) is 14.5 Å². The molecule has 2 amide bonds. The van der Waals surface area contributed by atoms with Crippen molar-refractivity contribution < 1.29 is 19.1 Å². The maximum atomic E-state index is 13.9. The van der Waals surface area contributed by atoms with E-state index >= 15 is 0 Å². The van der Waals surface area contributed by atoms with E-state index in [0.29, 0.717) is 63.5 Å². The van der Waals surface area contributed by atoms with Crippen LogP contribution in [0.3, 0.4) is 0 Å². The van der Waals surface area contributed by atoms with E-state index in [9.17, 15) is 14.9 Å². The average Bonchev–Trinajstić information content (AvgIpc) is 3.36. The number of hydrogen-bond acceptors (Lipinski definition) is 7. The van der Waals surface area contributed by atoms with Gasteiger partial charge < -0.3 is 19.7 Å². The number of likely N-dealkylation sites (tertiary alicyclic amines) is 1. The second-order valence-electron chi connectivity index (χ2n) is 11.8. The zero-order chi connectivity index (χ0) is 27.5. The van der Waals surface area contributed by atoms with Gasteiger partial charge in [-0.2, -0.15) is 5.26 Å². The second kappa shape index (κ2) is 14.8. The summed E-state index contributed by atoms with van der Waals surface area (Å²) in [6, 6.07) is 1.77.